The van der Waals surface area contributed by atoms with Crippen molar-refractivity contribution in [2.75, 3.05) is 13.7 Å². The number of ether oxygens (including phenoxy) is 1. The van der Waals surface area contributed by atoms with E-state index in [0.717, 1.165) is 24.9 Å². The first-order valence-electron chi connectivity index (χ1n) is 5.46. The predicted molar refractivity (Wildman–Crippen MR) is 62.7 cm³/mol. The largest absolute Gasteiger partial charge is 0.495 e. The Morgan fingerprint density at radius 1 is 1.56 bits per heavy atom. The van der Waals surface area contributed by atoms with Crippen LogP contribution in [0, 0.1) is 5.82 Å². The first-order valence-corrected chi connectivity index (χ1v) is 5.84. The van der Waals surface area contributed by atoms with Gasteiger partial charge in [-0.15, -0.1) is 0 Å². The second-order valence-corrected chi connectivity index (χ2v) is 4.43. The Balaban J connectivity index is 2.22. The molecule has 0 spiro atoms. The lowest BCUT2D eigenvalue weighted by atomic mass is 10.0. The lowest BCUT2D eigenvalue weighted by Gasteiger charge is -2.14. The van der Waals surface area contributed by atoms with Crippen molar-refractivity contribution in [1.82, 2.24) is 5.32 Å². The second kappa shape index (κ2) is 5.02. The zero-order valence-electron chi connectivity index (χ0n) is 9.22. The minimum Gasteiger partial charge on any atom is -0.495 e. The zero-order chi connectivity index (χ0) is 11.5. The van der Waals surface area contributed by atoms with Crippen LogP contribution in [0.2, 0.25) is 5.02 Å². The van der Waals surface area contributed by atoms with E-state index in [1.165, 1.54) is 19.6 Å². The van der Waals surface area contributed by atoms with E-state index >= 15 is 0 Å². The van der Waals surface area contributed by atoms with E-state index in [4.69, 9.17) is 16.3 Å². The summed E-state index contributed by atoms with van der Waals surface area (Å²) in [6.07, 6.45) is 3.18. The molecule has 1 saturated heterocycles. The lowest BCUT2D eigenvalue weighted by molar-refractivity contribution is 0.403. The van der Waals surface area contributed by atoms with Gasteiger partial charge in [0, 0.05) is 6.04 Å². The number of hydrogen-bond donors (Lipinski definition) is 1. The first-order chi connectivity index (χ1) is 7.72. The Bertz CT molecular complexity index is 378. The Labute approximate surface area is 99.7 Å². The zero-order valence-corrected chi connectivity index (χ0v) is 9.98. The van der Waals surface area contributed by atoms with Crippen LogP contribution in [-0.4, -0.2) is 19.7 Å². The molecular weight excluding hydrogens is 229 g/mol. The third-order valence-electron chi connectivity index (χ3n) is 2.96. The van der Waals surface area contributed by atoms with Gasteiger partial charge in [-0.2, -0.15) is 0 Å². The molecule has 0 saturated carbocycles. The van der Waals surface area contributed by atoms with E-state index in [-0.39, 0.29) is 5.02 Å². The maximum Gasteiger partial charge on any atom is 0.145 e. The van der Waals surface area contributed by atoms with Crippen LogP contribution in [0.1, 0.15) is 18.4 Å². The molecule has 16 heavy (non-hydrogen) atoms. The van der Waals surface area contributed by atoms with Gasteiger partial charge in [0.25, 0.3) is 0 Å². The van der Waals surface area contributed by atoms with Crippen LogP contribution in [0.4, 0.5) is 4.39 Å². The molecule has 0 aliphatic carbocycles. The third-order valence-corrected chi connectivity index (χ3v) is 3.32. The van der Waals surface area contributed by atoms with Crippen molar-refractivity contribution in [2.45, 2.75) is 25.3 Å². The Hall–Kier alpha value is -0.800. The van der Waals surface area contributed by atoms with E-state index in [0.29, 0.717) is 11.8 Å². The van der Waals surface area contributed by atoms with Crippen molar-refractivity contribution in [3.05, 3.63) is 28.5 Å². The summed E-state index contributed by atoms with van der Waals surface area (Å²) < 4.78 is 18.4. The number of hydrogen-bond acceptors (Lipinski definition) is 2. The molecule has 0 radical (unpaired) electrons. The lowest BCUT2D eigenvalue weighted by Crippen LogP contribution is -2.23. The summed E-state index contributed by atoms with van der Waals surface area (Å²) in [6, 6.07) is 3.60. The molecule has 2 nitrogen and oxygen atoms in total. The molecule has 1 unspecified atom stereocenters. The molecule has 2 rings (SSSR count). The van der Waals surface area contributed by atoms with Crippen molar-refractivity contribution in [1.29, 1.82) is 0 Å². The van der Waals surface area contributed by atoms with Gasteiger partial charge in [0.2, 0.25) is 0 Å². The predicted octanol–water partition coefficient (Wildman–Crippen LogP) is 2.78. The maximum atomic E-state index is 13.2. The van der Waals surface area contributed by atoms with E-state index < -0.39 is 5.82 Å². The summed E-state index contributed by atoms with van der Waals surface area (Å²) in [4.78, 5) is 0. The number of halogens is 2. The van der Waals surface area contributed by atoms with Gasteiger partial charge in [-0.25, -0.2) is 4.39 Å². The highest BCUT2D eigenvalue weighted by atomic mass is 35.5. The van der Waals surface area contributed by atoms with Gasteiger partial charge in [-0.1, -0.05) is 17.7 Å². The van der Waals surface area contributed by atoms with Crippen LogP contribution < -0.4 is 10.1 Å². The minimum atomic E-state index is -0.429. The molecule has 0 amide bonds. The van der Waals surface area contributed by atoms with Crippen LogP contribution in [0.15, 0.2) is 12.1 Å². The topological polar surface area (TPSA) is 21.3 Å². The molecule has 1 aliphatic rings. The highest BCUT2D eigenvalue weighted by Crippen LogP contribution is 2.32. The summed E-state index contributed by atoms with van der Waals surface area (Å²) in [5.41, 5.74) is 0.966. The van der Waals surface area contributed by atoms with Crippen molar-refractivity contribution in [3.8, 4) is 5.75 Å². The van der Waals surface area contributed by atoms with Gasteiger partial charge in [0.1, 0.15) is 16.6 Å². The Morgan fingerprint density at radius 3 is 3.00 bits per heavy atom. The van der Waals surface area contributed by atoms with Crippen molar-refractivity contribution < 1.29 is 9.13 Å². The van der Waals surface area contributed by atoms with E-state index in [1.54, 1.807) is 6.07 Å². The fourth-order valence-electron chi connectivity index (χ4n) is 2.15. The van der Waals surface area contributed by atoms with Crippen LogP contribution in [0.3, 0.4) is 0 Å². The fourth-order valence-corrected chi connectivity index (χ4v) is 2.41. The quantitative estimate of drug-likeness (QED) is 0.882. The number of methoxy groups -OCH3 is 1. The van der Waals surface area contributed by atoms with Crippen LogP contribution >= 0.6 is 11.6 Å². The molecule has 88 valence electrons. The van der Waals surface area contributed by atoms with Crippen molar-refractivity contribution in [3.63, 3.8) is 0 Å². The van der Waals surface area contributed by atoms with Crippen molar-refractivity contribution >= 4 is 11.6 Å². The van der Waals surface area contributed by atoms with Gasteiger partial charge >= 0.3 is 0 Å². The fraction of sp³-hybridized carbons (Fsp3) is 0.500. The van der Waals surface area contributed by atoms with E-state index in [9.17, 15) is 4.39 Å². The van der Waals surface area contributed by atoms with Gasteiger partial charge < -0.3 is 10.1 Å². The highest BCUT2D eigenvalue weighted by molar-refractivity contribution is 6.32. The number of rotatable bonds is 3. The molecule has 0 bridgehead atoms. The molecule has 0 aromatic heterocycles. The molecule has 1 aliphatic heterocycles. The van der Waals surface area contributed by atoms with E-state index in [1.807, 2.05) is 0 Å². The summed E-state index contributed by atoms with van der Waals surface area (Å²) in [7, 11) is 1.52. The Kier molecular flexibility index (Phi) is 3.66. The van der Waals surface area contributed by atoms with Crippen LogP contribution in [0.25, 0.3) is 0 Å². The minimum absolute atomic E-state index is 0.0815. The standard InChI is InChI=1S/C12H15ClFNO/c1-16-12-8(4-5-10(14)11(12)13)7-9-3-2-6-15-9/h4-5,9,15H,2-3,6-7H2,1H3. The molecule has 1 aromatic carbocycles. The molecule has 1 heterocycles. The van der Waals surface area contributed by atoms with Gasteiger partial charge in [-0.05, 0) is 37.4 Å². The summed E-state index contributed by atoms with van der Waals surface area (Å²) >= 11 is 5.86. The average Bonchev–Trinajstić information content (AvgIpc) is 2.77. The molecule has 1 fully saturated rings. The van der Waals surface area contributed by atoms with Crippen LogP contribution in [-0.2, 0) is 6.42 Å². The second-order valence-electron chi connectivity index (χ2n) is 4.05. The summed E-state index contributed by atoms with van der Waals surface area (Å²) in [6.45, 7) is 1.06. The molecular formula is C12H15ClFNO. The highest BCUT2D eigenvalue weighted by Gasteiger charge is 2.19. The number of benzene rings is 1. The van der Waals surface area contributed by atoms with Crippen LogP contribution in [0.5, 0.6) is 5.75 Å². The number of nitrogens with one attached hydrogen (secondary N) is 1. The summed E-state index contributed by atoms with van der Waals surface area (Å²) in [5.74, 6) is 0.0389. The normalized spacial score (nSPS) is 20.1. The van der Waals surface area contributed by atoms with Crippen molar-refractivity contribution in [2.24, 2.45) is 0 Å². The molecule has 4 heteroatoms. The smallest absolute Gasteiger partial charge is 0.145 e. The summed E-state index contributed by atoms with van der Waals surface area (Å²) in [5, 5.41) is 3.48. The van der Waals surface area contributed by atoms with Gasteiger partial charge in [-0.3, -0.25) is 0 Å². The maximum absolute atomic E-state index is 13.2. The average molecular weight is 244 g/mol. The SMILES string of the molecule is COc1c(CC2CCCN2)ccc(F)c1Cl. The molecule has 1 atom stereocenters. The Morgan fingerprint density at radius 2 is 2.38 bits per heavy atom. The van der Waals surface area contributed by atoms with E-state index in [2.05, 4.69) is 5.32 Å². The first kappa shape index (κ1) is 11.7. The monoisotopic (exact) mass is 243 g/mol. The van der Waals surface area contributed by atoms with Gasteiger partial charge in [0.15, 0.2) is 0 Å². The van der Waals surface area contributed by atoms with Gasteiger partial charge in [0.05, 0.1) is 7.11 Å². The molecule has 1 aromatic rings. The molecule has 1 N–H and O–H groups in total. The third kappa shape index (κ3) is 2.30.